The Labute approximate surface area is 134 Å². The predicted octanol–water partition coefficient (Wildman–Crippen LogP) is 2.27. The van der Waals surface area contributed by atoms with Crippen LogP contribution >= 0.6 is 0 Å². The molecule has 5 heteroatoms. The Balaban J connectivity index is 1.65. The summed E-state index contributed by atoms with van der Waals surface area (Å²) in [5.74, 6) is 5.80. The summed E-state index contributed by atoms with van der Waals surface area (Å²) in [5.41, 5.74) is 1.68. The quantitative estimate of drug-likeness (QED) is 0.862. The SMILES string of the molecule is Cc1ccc(OCC#CCNC(=O)Cc2ccc(F)cc2)cn1. The van der Waals surface area contributed by atoms with Crippen molar-refractivity contribution in [1.29, 1.82) is 0 Å². The number of aromatic nitrogens is 1. The second-order valence-electron chi connectivity index (χ2n) is 4.86. The average molecular weight is 312 g/mol. The van der Waals surface area contributed by atoms with Crippen molar-refractivity contribution in [3.05, 3.63) is 59.7 Å². The summed E-state index contributed by atoms with van der Waals surface area (Å²) in [6.45, 7) is 2.38. The maximum atomic E-state index is 12.8. The van der Waals surface area contributed by atoms with E-state index in [-0.39, 0.29) is 31.3 Å². The van der Waals surface area contributed by atoms with Crippen LogP contribution in [-0.4, -0.2) is 24.0 Å². The molecular weight excluding hydrogens is 295 g/mol. The van der Waals surface area contributed by atoms with E-state index in [1.807, 2.05) is 19.1 Å². The van der Waals surface area contributed by atoms with Gasteiger partial charge in [-0.25, -0.2) is 4.39 Å². The molecule has 1 heterocycles. The van der Waals surface area contributed by atoms with Crippen LogP contribution in [0.5, 0.6) is 5.75 Å². The van der Waals surface area contributed by atoms with E-state index in [0.29, 0.717) is 5.75 Å². The van der Waals surface area contributed by atoms with Crippen LogP contribution in [0.2, 0.25) is 0 Å². The topological polar surface area (TPSA) is 51.2 Å². The minimum absolute atomic E-state index is 0.158. The van der Waals surface area contributed by atoms with Gasteiger partial charge in [-0.3, -0.25) is 9.78 Å². The molecule has 0 fully saturated rings. The van der Waals surface area contributed by atoms with Crippen molar-refractivity contribution in [2.75, 3.05) is 13.2 Å². The number of carbonyl (C=O) groups is 1. The number of nitrogens with zero attached hydrogens (tertiary/aromatic N) is 1. The second-order valence-corrected chi connectivity index (χ2v) is 4.86. The average Bonchev–Trinajstić information content (AvgIpc) is 2.54. The predicted molar refractivity (Wildman–Crippen MR) is 85.4 cm³/mol. The molecule has 0 aliphatic heterocycles. The molecule has 1 aromatic heterocycles. The first-order valence-corrected chi connectivity index (χ1v) is 7.16. The molecule has 23 heavy (non-hydrogen) atoms. The van der Waals surface area contributed by atoms with Gasteiger partial charge < -0.3 is 10.1 Å². The summed E-state index contributed by atoms with van der Waals surface area (Å²) < 4.78 is 18.1. The van der Waals surface area contributed by atoms with Gasteiger partial charge >= 0.3 is 0 Å². The highest BCUT2D eigenvalue weighted by molar-refractivity contribution is 5.78. The molecule has 0 aliphatic carbocycles. The minimum Gasteiger partial charge on any atom is -0.479 e. The van der Waals surface area contributed by atoms with Crippen molar-refractivity contribution < 1.29 is 13.9 Å². The summed E-state index contributed by atoms with van der Waals surface area (Å²) in [4.78, 5) is 15.8. The molecule has 1 amide bonds. The van der Waals surface area contributed by atoms with Gasteiger partial charge in [0.05, 0.1) is 19.2 Å². The normalized spacial score (nSPS) is 9.65. The molecule has 0 radical (unpaired) electrons. The van der Waals surface area contributed by atoms with Gasteiger partial charge in [0.15, 0.2) is 0 Å². The van der Waals surface area contributed by atoms with Crippen molar-refractivity contribution >= 4 is 5.91 Å². The standard InChI is InChI=1S/C18H17FN2O2/c1-14-4-9-17(13-21-14)23-11-3-2-10-20-18(22)12-15-5-7-16(19)8-6-15/h4-9,13H,10-12H2,1H3,(H,20,22). The monoisotopic (exact) mass is 312 g/mol. The molecule has 2 rings (SSSR count). The van der Waals surface area contributed by atoms with Crippen molar-refractivity contribution in [3.63, 3.8) is 0 Å². The van der Waals surface area contributed by atoms with Crippen LogP contribution in [0.25, 0.3) is 0 Å². The van der Waals surface area contributed by atoms with Crippen molar-refractivity contribution in [2.24, 2.45) is 0 Å². The third-order valence-electron chi connectivity index (χ3n) is 2.97. The van der Waals surface area contributed by atoms with Gasteiger partial charge in [0.2, 0.25) is 5.91 Å². The Morgan fingerprint density at radius 3 is 2.70 bits per heavy atom. The van der Waals surface area contributed by atoms with E-state index < -0.39 is 0 Å². The number of carbonyl (C=O) groups excluding carboxylic acids is 1. The van der Waals surface area contributed by atoms with Gasteiger partial charge in [-0.1, -0.05) is 24.0 Å². The van der Waals surface area contributed by atoms with Gasteiger partial charge in [-0.2, -0.15) is 0 Å². The van der Waals surface area contributed by atoms with Crippen LogP contribution in [0.15, 0.2) is 42.6 Å². The molecule has 118 valence electrons. The molecule has 1 aromatic carbocycles. The van der Waals surface area contributed by atoms with Gasteiger partial charge in [0.1, 0.15) is 18.2 Å². The zero-order valence-electron chi connectivity index (χ0n) is 12.8. The van der Waals surface area contributed by atoms with Crippen LogP contribution in [0, 0.1) is 24.6 Å². The Hall–Kier alpha value is -2.87. The molecular formula is C18H17FN2O2. The minimum atomic E-state index is -0.316. The van der Waals surface area contributed by atoms with E-state index in [1.165, 1.54) is 12.1 Å². The zero-order chi connectivity index (χ0) is 16.5. The zero-order valence-corrected chi connectivity index (χ0v) is 12.8. The van der Waals surface area contributed by atoms with Gasteiger partial charge in [-0.15, -0.1) is 0 Å². The number of hydrogen-bond donors (Lipinski definition) is 1. The summed E-state index contributed by atoms with van der Waals surface area (Å²) in [6.07, 6.45) is 1.84. The van der Waals surface area contributed by atoms with Crippen LogP contribution in [0.4, 0.5) is 4.39 Å². The van der Waals surface area contributed by atoms with Crippen LogP contribution in [0.3, 0.4) is 0 Å². The highest BCUT2D eigenvalue weighted by Gasteiger charge is 2.01. The molecule has 0 unspecified atom stereocenters. The van der Waals surface area contributed by atoms with E-state index in [2.05, 4.69) is 22.1 Å². The van der Waals surface area contributed by atoms with Gasteiger partial charge in [0.25, 0.3) is 0 Å². The number of benzene rings is 1. The van der Waals surface area contributed by atoms with Crippen molar-refractivity contribution in [3.8, 4) is 17.6 Å². The fourth-order valence-corrected chi connectivity index (χ4v) is 1.77. The van der Waals surface area contributed by atoms with Crippen LogP contribution < -0.4 is 10.1 Å². The lowest BCUT2D eigenvalue weighted by molar-refractivity contribution is -0.120. The smallest absolute Gasteiger partial charge is 0.225 e. The lowest BCUT2D eigenvalue weighted by Gasteiger charge is -2.02. The van der Waals surface area contributed by atoms with E-state index in [4.69, 9.17) is 4.74 Å². The fourth-order valence-electron chi connectivity index (χ4n) is 1.77. The lowest BCUT2D eigenvalue weighted by Crippen LogP contribution is -2.25. The third kappa shape index (κ3) is 6.18. The van der Waals surface area contributed by atoms with Crippen molar-refractivity contribution in [2.45, 2.75) is 13.3 Å². The Bertz CT molecular complexity index is 701. The maximum absolute atomic E-state index is 12.8. The molecule has 2 aromatic rings. The maximum Gasteiger partial charge on any atom is 0.225 e. The first kappa shape index (κ1) is 16.5. The van der Waals surface area contributed by atoms with Crippen LogP contribution in [0.1, 0.15) is 11.3 Å². The number of pyridine rings is 1. The van der Waals surface area contributed by atoms with E-state index in [9.17, 15) is 9.18 Å². The number of halogens is 1. The number of aryl methyl sites for hydroxylation is 1. The summed E-state index contributed by atoms with van der Waals surface area (Å²) in [6, 6.07) is 9.53. The van der Waals surface area contributed by atoms with Crippen molar-refractivity contribution in [1.82, 2.24) is 10.3 Å². The largest absolute Gasteiger partial charge is 0.479 e. The second kappa shape index (κ2) is 8.54. The molecule has 0 spiro atoms. The fraction of sp³-hybridized carbons (Fsp3) is 0.222. The molecule has 0 aliphatic rings. The van der Waals surface area contributed by atoms with E-state index in [1.54, 1.807) is 18.3 Å². The third-order valence-corrected chi connectivity index (χ3v) is 2.97. The van der Waals surface area contributed by atoms with E-state index >= 15 is 0 Å². The Morgan fingerprint density at radius 1 is 1.22 bits per heavy atom. The summed E-state index contributed by atoms with van der Waals surface area (Å²) in [5, 5.41) is 2.68. The number of hydrogen-bond acceptors (Lipinski definition) is 3. The number of ether oxygens (including phenoxy) is 1. The first-order valence-electron chi connectivity index (χ1n) is 7.16. The molecule has 1 N–H and O–H groups in total. The van der Waals surface area contributed by atoms with E-state index in [0.717, 1.165) is 11.3 Å². The number of nitrogens with one attached hydrogen (secondary N) is 1. The highest BCUT2D eigenvalue weighted by atomic mass is 19.1. The van der Waals surface area contributed by atoms with Gasteiger partial charge in [-0.05, 0) is 36.8 Å². The molecule has 0 bridgehead atoms. The number of rotatable bonds is 5. The summed E-state index contributed by atoms with van der Waals surface area (Å²) >= 11 is 0. The van der Waals surface area contributed by atoms with Gasteiger partial charge in [0, 0.05) is 5.69 Å². The van der Waals surface area contributed by atoms with Crippen LogP contribution in [-0.2, 0) is 11.2 Å². The molecule has 4 nitrogen and oxygen atoms in total. The Kier molecular flexibility index (Phi) is 6.13. The first-order chi connectivity index (χ1) is 11.1. The molecule has 0 saturated heterocycles. The lowest BCUT2D eigenvalue weighted by atomic mass is 10.1. The molecule has 0 saturated carbocycles. The number of amides is 1. The Morgan fingerprint density at radius 2 is 2.00 bits per heavy atom. The summed E-state index contributed by atoms with van der Waals surface area (Å²) in [7, 11) is 0. The molecule has 0 atom stereocenters. The highest BCUT2D eigenvalue weighted by Crippen LogP contribution is 2.07.